The van der Waals surface area contributed by atoms with Crippen LogP contribution in [0.2, 0.25) is 0 Å². The van der Waals surface area contributed by atoms with Gasteiger partial charge in [0.05, 0.1) is 0 Å². The number of hydrogen-bond acceptors (Lipinski definition) is 0. The fraction of sp³-hybridized carbons (Fsp3) is 0.214. The van der Waals surface area contributed by atoms with Crippen molar-refractivity contribution in [2.75, 3.05) is 0 Å². The first kappa shape index (κ1) is 18.2. The Kier molecular flexibility index (Phi) is 3.97. The molecule has 0 N–H and O–H groups in total. The molecule has 0 amide bonds. The molecular weight excluding hydrogens is 590 g/mol. The van der Waals surface area contributed by atoms with E-state index < -0.39 is 0 Å². The van der Waals surface area contributed by atoms with Crippen LogP contribution in [0, 0.1) is 11.8 Å². The molecule has 0 aliphatic heterocycles. The summed E-state index contributed by atoms with van der Waals surface area (Å²) in [5.41, 5.74) is 9.54. The van der Waals surface area contributed by atoms with Crippen molar-refractivity contribution < 1.29 is 0 Å². The van der Waals surface area contributed by atoms with Crippen molar-refractivity contribution in [3.8, 4) is 0 Å². The minimum absolute atomic E-state index is 0.485. The number of benzene rings is 3. The minimum atomic E-state index is 0.485. The smallest absolute Gasteiger partial charge is 0.0478 e. The average Bonchev–Trinajstić information content (AvgIpc) is 2.76. The van der Waals surface area contributed by atoms with Gasteiger partial charge in [-0.2, -0.15) is 0 Å². The van der Waals surface area contributed by atoms with Crippen molar-refractivity contribution >= 4 is 77.9 Å². The van der Waals surface area contributed by atoms with Crippen molar-refractivity contribution in [1.82, 2.24) is 0 Å². The van der Waals surface area contributed by atoms with E-state index in [9.17, 15) is 0 Å². The van der Waals surface area contributed by atoms with E-state index in [4.69, 9.17) is 0 Å². The van der Waals surface area contributed by atoms with Gasteiger partial charge in [0.25, 0.3) is 0 Å². The molecule has 4 aliphatic carbocycles. The fourth-order valence-corrected chi connectivity index (χ4v) is 8.13. The van der Waals surface area contributed by atoms with E-state index in [-0.39, 0.29) is 0 Å². The lowest BCUT2D eigenvalue weighted by atomic mass is 9.56. The molecule has 0 aromatic heterocycles. The van der Waals surface area contributed by atoms with Crippen molar-refractivity contribution in [3.05, 3.63) is 95.1 Å². The van der Waals surface area contributed by atoms with Crippen molar-refractivity contribution in [1.29, 1.82) is 0 Å². The van der Waals surface area contributed by atoms with Gasteiger partial charge in [-0.3, -0.25) is 0 Å². The Morgan fingerprint density at radius 3 is 1.37 bits per heavy atom. The van der Waals surface area contributed by atoms with Gasteiger partial charge in [-0.15, -0.1) is 0 Å². The highest BCUT2D eigenvalue weighted by Gasteiger charge is 2.46. The summed E-state index contributed by atoms with van der Waals surface area (Å²) in [6.45, 7) is 0. The van der Waals surface area contributed by atoms with Crippen LogP contribution in [0.1, 0.15) is 24.0 Å². The zero-order chi connectivity index (χ0) is 20.0. The molecule has 146 valence electrons. The zero-order valence-corrected chi connectivity index (χ0v) is 20.7. The molecule has 4 atom stereocenters. The summed E-state index contributed by atoms with van der Waals surface area (Å²) < 4.78 is 0.970. The summed E-state index contributed by atoms with van der Waals surface area (Å²) in [6, 6.07) is 18.1. The molecule has 4 aliphatic rings. The maximum absolute atomic E-state index is 2.61. The predicted molar refractivity (Wildman–Crippen MR) is 145 cm³/mol. The van der Waals surface area contributed by atoms with Crippen molar-refractivity contribution in [2.45, 2.75) is 20.7 Å². The highest BCUT2D eigenvalue weighted by molar-refractivity contribution is 14.1. The first-order valence-corrected chi connectivity index (χ1v) is 13.3. The van der Waals surface area contributed by atoms with Crippen molar-refractivity contribution in [2.24, 2.45) is 11.8 Å². The molecule has 0 bridgehead atoms. The van der Waals surface area contributed by atoms with E-state index in [1.54, 1.807) is 22.3 Å². The molecule has 3 aromatic carbocycles. The molecule has 0 radical (unpaired) electrons. The van der Waals surface area contributed by atoms with Crippen molar-refractivity contribution in [3.63, 3.8) is 0 Å². The minimum Gasteiger partial charge on any atom is -0.0735 e. The highest BCUT2D eigenvalue weighted by Crippen LogP contribution is 2.61. The molecule has 0 saturated heterocycles. The van der Waals surface area contributed by atoms with Gasteiger partial charge >= 0.3 is 0 Å². The number of alkyl halides is 2. The third-order valence-corrected chi connectivity index (χ3v) is 8.88. The second-order valence-corrected chi connectivity index (χ2v) is 11.8. The average molecular weight is 610 g/mol. The van der Waals surface area contributed by atoms with E-state index in [0.717, 1.165) is 0 Å². The second kappa shape index (κ2) is 6.55. The van der Waals surface area contributed by atoms with E-state index in [1.807, 2.05) is 0 Å². The Morgan fingerprint density at radius 1 is 0.533 bits per heavy atom. The third kappa shape index (κ3) is 2.38. The molecule has 1 fully saturated rings. The Morgan fingerprint density at radius 2 is 0.933 bits per heavy atom. The third-order valence-electron chi connectivity index (χ3n) is 7.44. The first-order valence-electron chi connectivity index (χ1n) is 10.8. The van der Waals surface area contributed by atoms with Gasteiger partial charge in [-0.1, -0.05) is 129 Å². The van der Waals surface area contributed by atoms with E-state index in [2.05, 4.69) is 118 Å². The second-order valence-electron chi connectivity index (χ2n) is 8.91. The summed E-state index contributed by atoms with van der Waals surface area (Å²) in [5, 5.41) is 5.63. The normalized spacial score (nSPS) is 28.9. The molecule has 2 heteroatoms. The van der Waals surface area contributed by atoms with Crippen LogP contribution in [0.5, 0.6) is 0 Å². The summed E-state index contributed by atoms with van der Waals surface area (Å²) in [4.78, 5) is 0. The monoisotopic (exact) mass is 610 g/mol. The maximum atomic E-state index is 2.61. The molecule has 1 saturated carbocycles. The molecule has 0 heterocycles. The van der Waals surface area contributed by atoms with E-state index in [0.29, 0.717) is 19.7 Å². The molecular formula is C28H20I2. The molecule has 3 aromatic rings. The predicted octanol–water partition coefficient (Wildman–Crippen LogP) is 8.29. The number of fused-ring (bicyclic) bond motifs is 8. The molecule has 0 nitrogen and oxygen atoms in total. The zero-order valence-electron chi connectivity index (χ0n) is 16.4. The quantitative estimate of drug-likeness (QED) is 0.104. The van der Waals surface area contributed by atoms with Gasteiger partial charge in [0.2, 0.25) is 0 Å². The van der Waals surface area contributed by atoms with Crippen LogP contribution in [0.25, 0.3) is 32.7 Å². The number of hydrogen-bond donors (Lipinski definition) is 0. The fourth-order valence-electron chi connectivity index (χ4n) is 6.43. The Bertz CT molecular complexity index is 1280. The molecule has 30 heavy (non-hydrogen) atoms. The van der Waals surface area contributed by atoms with Crippen LogP contribution in [0.3, 0.4) is 0 Å². The van der Waals surface area contributed by atoms with Crippen LogP contribution >= 0.6 is 45.2 Å². The molecule has 0 spiro atoms. The maximum Gasteiger partial charge on any atom is 0.0478 e. The van der Waals surface area contributed by atoms with Gasteiger partial charge < -0.3 is 0 Å². The van der Waals surface area contributed by atoms with Gasteiger partial charge in [0.15, 0.2) is 0 Å². The standard InChI is InChI=1S/C28H20I2/c29-17-11-15-9-10-16-12-18(30)14-24-26(16)25(15)23(13-17)27-21-7-3-1-5-19(21)20-6-2-4-8-22(20)28(24)27/h1-8,11-14,17-18,25-26H,9-10H2/t17?,18?,25-,26+. The lowest BCUT2D eigenvalue weighted by Crippen LogP contribution is -2.35. The van der Waals surface area contributed by atoms with Gasteiger partial charge in [0.1, 0.15) is 0 Å². The Labute approximate surface area is 204 Å². The van der Waals surface area contributed by atoms with Crippen LogP contribution in [0.4, 0.5) is 0 Å². The van der Waals surface area contributed by atoms with Gasteiger partial charge in [-0.25, -0.2) is 0 Å². The van der Waals surface area contributed by atoms with E-state index in [1.165, 1.54) is 45.5 Å². The summed E-state index contributed by atoms with van der Waals surface area (Å²) in [5.74, 6) is 1.06. The van der Waals surface area contributed by atoms with E-state index >= 15 is 0 Å². The van der Waals surface area contributed by atoms with Crippen LogP contribution < -0.4 is 0 Å². The SMILES string of the molecule is IC1C=C2CCC3=CC(I)C=C4c5c(c6ccccc6c6ccccc56)C(=C1)[C@@H]2[C@@H]34. The van der Waals surface area contributed by atoms with Gasteiger partial charge in [0, 0.05) is 19.7 Å². The summed E-state index contributed by atoms with van der Waals surface area (Å²) >= 11 is 5.22. The first-order chi connectivity index (χ1) is 14.7. The number of halogens is 2. The topological polar surface area (TPSA) is 0 Å². The number of rotatable bonds is 0. The lowest BCUT2D eigenvalue weighted by Gasteiger charge is -2.48. The van der Waals surface area contributed by atoms with Crippen LogP contribution in [-0.4, -0.2) is 7.85 Å². The molecule has 2 unspecified atom stereocenters. The largest absolute Gasteiger partial charge is 0.0735 e. The van der Waals surface area contributed by atoms with Crippen LogP contribution in [0.15, 0.2) is 84.0 Å². The number of allylic oxidation sites excluding steroid dienone is 8. The summed E-state index contributed by atoms with van der Waals surface area (Å²) in [7, 11) is 0. The summed E-state index contributed by atoms with van der Waals surface area (Å²) in [6.07, 6.45) is 12.7. The highest BCUT2D eigenvalue weighted by atomic mass is 127. The Hall–Kier alpha value is -1.40. The Balaban J connectivity index is 1.70. The van der Waals surface area contributed by atoms with Gasteiger partial charge in [-0.05, 0) is 56.7 Å². The molecule has 7 rings (SSSR count). The lowest BCUT2D eigenvalue weighted by molar-refractivity contribution is 0.526. The van der Waals surface area contributed by atoms with Crippen LogP contribution in [-0.2, 0) is 0 Å².